The Morgan fingerprint density at radius 1 is 1.03 bits per heavy atom. The predicted octanol–water partition coefficient (Wildman–Crippen LogP) is 4.31. The molecule has 0 spiro atoms. The van der Waals surface area contributed by atoms with Gasteiger partial charge in [0, 0.05) is 5.69 Å². The van der Waals surface area contributed by atoms with E-state index in [1.165, 1.54) is 25.5 Å². The number of hydrogen-bond acceptors (Lipinski definition) is 6. The molecule has 34 heavy (non-hydrogen) atoms. The van der Waals surface area contributed by atoms with E-state index in [1.807, 2.05) is 24.3 Å². The molecule has 3 aromatic carbocycles. The molecule has 0 atom stereocenters. The lowest BCUT2D eigenvalue weighted by atomic mass is 10.0. The monoisotopic (exact) mass is 461 g/mol. The Labute approximate surface area is 198 Å². The first kappa shape index (κ1) is 24.3. The molecule has 3 aromatic rings. The van der Waals surface area contributed by atoms with Gasteiger partial charge in [0.15, 0.2) is 18.1 Å². The molecular weight excluding hydrogens is 434 g/mol. The van der Waals surface area contributed by atoms with E-state index in [0.29, 0.717) is 17.1 Å². The molecule has 3 N–H and O–H groups in total. The summed E-state index contributed by atoms with van der Waals surface area (Å²) >= 11 is 0. The number of nitrogens with one attached hydrogen (secondary N) is 2. The van der Waals surface area contributed by atoms with Gasteiger partial charge in [-0.15, -0.1) is 0 Å². The van der Waals surface area contributed by atoms with E-state index in [4.69, 9.17) is 9.47 Å². The molecule has 0 saturated carbocycles. The number of carbonyl (C=O) groups excluding carboxylic acids is 2. The molecule has 0 heterocycles. The highest BCUT2D eigenvalue weighted by Crippen LogP contribution is 2.28. The average molecular weight is 462 g/mol. The number of nitrogens with zero attached hydrogens (tertiary/aromatic N) is 1. The second-order valence-electron chi connectivity index (χ2n) is 7.71. The number of amides is 2. The maximum Gasteiger partial charge on any atom is 0.275 e. The van der Waals surface area contributed by atoms with Crippen molar-refractivity contribution in [3.63, 3.8) is 0 Å². The van der Waals surface area contributed by atoms with E-state index < -0.39 is 5.91 Å². The number of phenolic OH excluding ortho intramolecular Hbond substituents is 1. The van der Waals surface area contributed by atoms with Gasteiger partial charge in [-0.3, -0.25) is 9.59 Å². The maximum atomic E-state index is 12.4. The molecule has 8 heteroatoms. The lowest BCUT2D eigenvalue weighted by molar-refractivity contribution is -0.118. The third-order valence-corrected chi connectivity index (χ3v) is 4.93. The van der Waals surface area contributed by atoms with Gasteiger partial charge >= 0.3 is 0 Å². The topological polar surface area (TPSA) is 109 Å². The van der Waals surface area contributed by atoms with Gasteiger partial charge in [0.1, 0.15) is 5.75 Å². The van der Waals surface area contributed by atoms with Crippen LogP contribution in [0.3, 0.4) is 0 Å². The van der Waals surface area contributed by atoms with Crippen LogP contribution in [0.25, 0.3) is 0 Å². The van der Waals surface area contributed by atoms with Crippen molar-refractivity contribution < 1.29 is 24.2 Å². The zero-order chi connectivity index (χ0) is 24.5. The summed E-state index contributed by atoms with van der Waals surface area (Å²) in [5.74, 6) is 0.125. The van der Waals surface area contributed by atoms with Crippen molar-refractivity contribution in [3.05, 3.63) is 83.4 Å². The Morgan fingerprint density at radius 3 is 2.50 bits per heavy atom. The van der Waals surface area contributed by atoms with E-state index in [2.05, 4.69) is 29.7 Å². The number of rotatable bonds is 9. The summed E-state index contributed by atoms with van der Waals surface area (Å²) in [4.78, 5) is 24.5. The Hall–Kier alpha value is -4.33. The number of anilines is 1. The minimum atomic E-state index is -0.536. The van der Waals surface area contributed by atoms with Crippen LogP contribution >= 0.6 is 0 Å². The normalized spacial score (nSPS) is 10.8. The van der Waals surface area contributed by atoms with Crippen molar-refractivity contribution >= 4 is 23.7 Å². The van der Waals surface area contributed by atoms with E-state index in [0.717, 1.165) is 11.3 Å². The molecule has 0 fully saturated rings. The van der Waals surface area contributed by atoms with Crippen LogP contribution in [0.2, 0.25) is 0 Å². The largest absolute Gasteiger partial charge is 0.507 e. The van der Waals surface area contributed by atoms with E-state index in [1.54, 1.807) is 30.3 Å². The number of ether oxygens (including phenoxy) is 2. The molecule has 0 bridgehead atoms. The highest BCUT2D eigenvalue weighted by molar-refractivity contribution is 5.97. The molecule has 0 aliphatic heterocycles. The van der Waals surface area contributed by atoms with Gasteiger partial charge in [0.05, 0.1) is 18.9 Å². The second-order valence-corrected chi connectivity index (χ2v) is 7.71. The molecule has 176 valence electrons. The maximum absolute atomic E-state index is 12.4. The van der Waals surface area contributed by atoms with Crippen LogP contribution < -0.4 is 20.2 Å². The number of hydrazone groups is 1. The number of hydrogen-bond donors (Lipinski definition) is 3. The van der Waals surface area contributed by atoms with Crippen LogP contribution in [-0.2, 0) is 4.79 Å². The van der Waals surface area contributed by atoms with Crippen molar-refractivity contribution in [2.75, 3.05) is 19.0 Å². The highest BCUT2D eigenvalue weighted by atomic mass is 16.5. The van der Waals surface area contributed by atoms with Crippen LogP contribution in [0.15, 0.2) is 71.8 Å². The summed E-state index contributed by atoms with van der Waals surface area (Å²) in [5, 5.41) is 16.5. The number of aromatic hydroxyl groups is 1. The zero-order valence-electron chi connectivity index (χ0n) is 19.2. The van der Waals surface area contributed by atoms with Gasteiger partial charge in [-0.1, -0.05) is 44.2 Å². The third kappa shape index (κ3) is 6.35. The molecule has 2 amide bonds. The molecule has 0 aliphatic rings. The van der Waals surface area contributed by atoms with Crippen LogP contribution in [-0.4, -0.2) is 36.9 Å². The fraction of sp³-hybridized carbons (Fsp3) is 0.192. The zero-order valence-corrected chi connectivity index (χ0v) is 19.2. The summed E-state index contributed by atoms with van der Waals surface area (Å²) in [6, 6.07) is 18.9. The number of phenols is 1. The molecule has 0 radical (unpaired) electrons. The first-order valence-corrected chi connectivity index (χ1v) is 10.7. The van der Waals surface area contributed by atoms with Crippen molar-refractivity contribution in [3.8, 4) is 17.2 Å². The Morgan fingerprint density at radius 2 is 1.76 bits per heavy atom. The van der Waals surface area contributed by atoms with Crippen LogP contribution in [0.5, 0.6) is 17.2 Å². The Bertz CT molecular complexity index is 1190. The van der Waals surface area contributed by atoms with Gasteiger partial charge in [0.25, 0.3) is 11.8 Å². The first-order valence-electron chi connectivity index (χ1n) is 10.7. The quantitative estimate of drug-likeness (QED) is 0.325. The number of methoxy groups -OCH3 is 1. The number of para-hydroxylation sites is 2. The standard InChI is InChI=1S/C26H27N3O5/c1-17(2)19-8-4-6-10-21(19)28-25(31)16-34-23-13-12-18(14-24(23)33-3)15-27-29-26(32)20-9-5-7-11-22(20)30/h4-15,17,30H,16H2,1-3H3,(H,28,31)(H,29,32)/b27-15+. The van der Waals surface area contributed by atoms with E-state index >= 15 is 0 Å². The molecule has 0 aromatic heterocycles. The average Bonchev–Trinajstić information content (AvgIpc) is 2.83. The first-order chi connectivity index (χ1) is 16.4. The van der Waals surface area contributed by atoms with Crippen molar-refractivity contribution in [2.24, 2.45) is 5.10 Å². The minimum absolute atomic E-state index is 0.121. The predicted molar refractivity (Wildman–Crippen MR) is 131 cm³/mol. The molecule has 8 nitrogen and oxygen atoms in total. The van der Waals surface area contributed by atoms with Gasteiger partial charge in [-0.05, 0) is 53.4 Å². The molecule has 0 saturated heterocycles. The molecule has 3 rings (SSSR count). The van der Waals surface area contributed by atoms with Crippen molar-refractivity contribution in [1.29, 1.82) is 0 Å². The smallest absolute Gasteiger partial charge is 0.275 e. The summed E-state index contributed by atoms with van der Waals surface area (Å²) in [5.41, 5.74) is 4.93. The summed E-state index contributed by atoms with van der Waals surface area (Å²) in [7, 11) is 1.49. The van der Waals surface area contributed by atoms with Crippen molar-refractivity contribution in [2.45, 2.75) is 19.8 Å². The van der Waals surface area contributed by atoms with E-state index in [9.17, 15) is 14.7 Å². The molecular formula is C26H27N3O5. The number of benzene rings is 3. The van der Waals surface area contributed by atoms with Gasteiger partial charge in [-0.2, -0.15) is 5.10 Å². The highest BCUT2D eigenvalue weighted by Gasteiger charge is 2.12. The summed E-state index contributed by atoms with van der Waals surface area (Å²) < 4.78 is 11.0. The van der Waals surface area contributed by atoms with Gasteiger partial charge < -0.3 is 19.9 Å². The molecule has 0 unspecified atom stereocenters. The lowest BCUT2D eigenvalue weighted by Gasteiger charge is -2.15. The third-order valence-electron chi connectivity index (χ3n) is 4.93. The van der Waals surface area contributed by atoms with Gasteiger partial charge in [-0.25, -0.2) is 5.43 Å². The molecule has 0 aliphatic carbocycles. The fourth-order valence-corrected chi connectivity index (χ4v) is 3.22. The van der Waals surface area contributed by atoms with Crippen LogP contribution in [0.1, 0.15) is 41.3 Å². The fourth-order valence-electron chi connectivity index (χ4n) is 3.22. The second kappa shape index (κ2) is 11.5. The number of carbonyl (C=O) groups is 2. The SMILES string of the molecule is COc1cc(/C=N/NC(=O)c2ccccc2O)ccc1OCC(=O)Nc1ccccc1C(C)C. The van der Waals surface area contributed by atoms with Crippen LogP contribution in [0.4, 0.5) is 5.69 Å². The Kier molecular flexibility index (Phi) is 8.23. The Balaban J connectivity index is 1.59. The van der Waals surface area contributed by atoms with Crippen LogP contribution in [0, 0.1) is 0 Å². The van der Waals surface area contributed by atoms with Crippen molar-refractivity contribution in [1.82, 2.24) is 5.43 Å². The minimum Gasteiger partial charge on any atom is -0.507 e. The lowest BCUT2D eigenvalue weighted by Crippen LogP contribution is -2.21. The summed E-state index contributed by atoms with van der Waals surface area (Å²) in [6.07, 6.45) is 1.43. The van der Waals surface area contributed by atoms with Gasteiger partial charge in [0.2, 0.25) is 0 Å². The van der Waals surface area contributed by atoms with E-state index in [-0.39, 0.29) is 29.7 Å². The summed E-state index contributed by atoms with van der Waals surface area (Å²) in [6.45, 7) is 3.94.